The molecule has 2 aliphatic heterocycles. The molecule has 3 aromatic carbocycles. The molecule has 79 heavy (non-hydrogen) atoms. The summed E-state index contributed by atoms with van der Waals surface area (Å²) in [6.07, 6.45) is 11.4. The van der Waals surface area contributed by atoms with E-state index in [1.165, 1.54) is 11.1 Å². The molecule has 4 aromatic rings. The molecule has 0 bridgehead atoms. The van der Waals surface area contributed by atoms with Gasteiger partial charge >= 0.3 is 0 Å². The third-order valence-electron chi connectivity index (χ3n) is 20.2. The maximum absolute atomic E-state index is 12.8. The van der Waals surface area contributed by atoms with Gasteiger partial charge in [-0.2, -0.15) is 0 Å². The highest BCUT2D eigenvalue weighted by Crippen LogP contribution is 2.67. The second kappa shape index (κ2) is 24.5. The molecular formula is C66H83N3O8S2. The molecule has 422 valence electrons. The Labute approximate surface area is 475 Å². The van der Waals surface area contributed by atoms with Gasteiger partial charge in [-0.15, -0.1) is 0 Å². The molecule has 7 aliphatic rings. The minimum atomic E-state index is -1.08. The SMILES string of the molecule is CCC1Cc2cc(O)c(OC3CC(Cc4ccc[nH]4)C4=CCNC(N)=C4CSSCC(CO)C3O)cc2C2CC(O)C3C(C#CC4(CC(O)CCC3O)CC(c3ccccc3)C(Cc3ccccc3)C3(CCCC3)C4CO)C=C12. The Bertz CT molecular complexity index is 2880. The van der Waals surface area contributed by atoms with E-state index in [1.807, 2.05) is 24.4 Å². The van der Waals surface area contributed by atoms with Gasteiger partial charge in [0.15, 0.2) is 11.5 Å². The van der Waals surface area contributed by atoms with Crippen LogP contribution in [0, 0.1) is 64.1 Å². The van der Waals surface area contributed by atoms with Crippen LogP contribution in [0.1, 0.15) is 117 Å². The highest BCUT2D eigenvalue weighted by molar-refractivity contribution is 8.76. The van der Waals surface area contributed by atoms with Gasteiger partial charge in [0.25, 0.3) is 0 Å². The average molecular weight is 1110 g/mol. The fraction of sp³-hybridized carbons (Fsp3) is 0.545. The van der Waals surface area contributed by atoms with E-state index in [4.69, 9.17) is 10.5 Å². The maximum Gasteiger partial charge on any atom is 0.161 e. The Morgan fingerprint density at radius 3 is 2.37 bits per heavy atom. The zero-order chi connectivity index (χ0) is 54.8. The summed E-state index contributed by atoms with van der Waals surface area (Å²) in [5, 5.41) is 87.8. The number of aliphatic hydroxyl groups is 6. The van der Waals surface area contributed by atoms with Gasteiger partial charge in [-0.3, -0.25) is 0 Å². The third kappa shape index (κ3) is 11.4. The lowest BCUT2D eigenvalue weighted by molar-refractivity contribution is -0.101. The summed E-state index contributed by atoms with van der Waals surface area (Å²) in [5.74, 6) is 7.97. The number of aromatic amines is 1. The lowest BCUT2D eigenvalue weighted by Crippen LogP contribution is -2.55. The number of phenols is 1. The molecule has 1 saturated heterocycles. The van der Waals surface area contributed by atoms with Gasteiger partial charge in [0.1, 0.15) is 11.9 Å². The number of nitrogens with two attached hydrogens (primary N) is 1. The number of phenolic OH excluding ortho intramolecular Hbond substituents is 1. The van der Waals surface area contributed by atoms with Crippen LogP contribution in [0.5, 0.6) is 11.5 Å². The first-order valence-electron chi connectivity index (χ1n) is 29.5. The summed E-state index contributed by atoms with van der Waals surface area (Å²) in [6.45, 7) is 2.49. The van der Waals surface area contributed by atoms with Crippen LogP contribution in [0.3, 0.4) is 0 Å². The van der Waals surface area contributed by atoms with Crippen LogP contribution < -0.4 is 15.8 Å². The van der Waals surface area contributed by atoms with E-state index < -0.39 is 53.7 Å². The van der Waals surface area contributed by atoms with Crippen LogP contribution in [-0.2, 0) is 19.3 Å². The topological polar surface area (TPSA) is 205 Å². The Kier molecular flexibility index (Phi) is 17.4. The molecule has 13 heteroatoms. The highest BCUT2D eigenvalue weighted by Gasteiger charge is 2.61. The van der Waals surface area contributed by atoms with Crippen molar-refractivity contribution in [1.29, 1.82) is 0 Å². The summed E-state index contributed by atoms with van der Waals surface area (Å²) in [6, 6.07) is 29.4. The van der Waals surface area contributed by atoms with Crippen LogP contribution in [0.25, 0.3) is 0 Å². The Hall–Kier alpha value is -4.62. The minimum absolute atomic E-state index is 0.0286. The predicted molar refractivity (Wildman–Crippen MR) is 315 cm³/mol. The lowest BCUT2D eigenvalue weighted by Gasteiger charge is -2.59. The van der Waals surface area contributed by atoms with Gasteiger partial charge in [-0.25, -0.2) is 0 Å². The fourth-order valence-corrected chi connectivity index (χ4v) is 18.9. The number of benzene rings is 3. The largest absolute Gasteiger partial charge is 0.504 e. The van der Waals surface area contributed by atoms with Crippen molar-refractivity contribution in [3.63, 3.8) is 0 Å². The average Bonchev–Trinajstić information content (AvgIpc) is 4.19. The summed E-state index contributed by atoms with van der Waals surface area (Å²) in [5.41, 5.74) is 14.5. The van der Waals surface area contributed by atoms with E-state index in [0.717, 1.165) is 72.1 Å². The van der Waals surface area contributed by atoms with Crippen LogP contribution in [0.15, 0.2) is 126 Å². The van der Waals surface area contributed by atoms with E-state index in [0.29, 0.717) is 75.2 Å². The van der Waals surface area contributed by atoms with Crippen LogP contribution in [0.2, 0.25) is 0 Å². The zero-order valence-corrected chi connectivity index (χ0v) is 47.4. The number of H-pyrrole nitrogens is 1. The molecule has 0 radical (unpaired) electrons. The normalized spacial score (nSPS) is 34.7. The Morgan fingerprint density at radius 1 is 0.848 bits per heavy atom. The molecule has 11 rings (SSSR count). The maximum atomic E-state index is 12.8. The molecule has 3 heterocycles. The lowest BCUT2D eigenvalue weighted by atomic mass is 9.44. The number of ether oxygens (including phenoxy) is 1. The summed E-state index contributed by atoms with van der Waals surface area (Å²) in [4.78, 5) is 3.38. The second-order valence-electron chi connectivity index (χ2n) is 24.5. The number of hydrogen-bond donors (Lipinski definition) is 10. The molecule has 15 unspecified atom stereocenters. The number of allylic oxidation sites excluding steroid dienone is 3. The van der Waals surface area contributed by atoms with Gasteiger partial charge < -0.3 is 56.5 Å². The van der Waals surface area contributed by atoms with Crippen molar-refractivity contribution in [2.75, 3.05) is 31.3 Å². The Balaban J connectivity index is 0.986. The number of fused-ring (bicyclic) bond motifs is 5. The standard InChI is InChI=1S/C66H83N3O8S2/c1-2-41-27-44-30-57(74)59(77-60-31-45(28-47-16-11-24-68-47)49-20-25-69-64(67)54(49)39-79-78-38-46(36-70)63(60)76)33-51(44)52-32-58(75)62-43(29-50(41)52)19-23-65(34-48(72)17-18-56(62)73)35-53(42-14-7-4-8-15-42)55(26-40-12-5-3-6-13-40)66(61(65)37-71)21-9-10-22-66/h3-8,11-16,20,24,29-30,33,41,43,45-46,48,52-53,55-56,58,60-63,68-76H,2,9-10,17-18,21-22,25-28,31-32,34-39,67H2,1H3. The number of nitrogens with one attached hydrogen (secondary N) is 2. The van der Waals surface area contributed by atoms with E-state index in [1.54, 1.807) is 21.6 Å². The summed E-state index contributed by atoms with van der Waals surface area (Å²) >= 11 is 0. The molecule has 2 spiro atoms. The zero-order valence-electron chi connectivity index (χ0n) is 45.8. The van der Waals surface area contributed by atoms with Crippen LogP contribution in [-0.4, -0.2) is 103 Å². The minimum Gasteiger partial charge on any atom is -0.504 e. The van der Waals surface area contributed by atoms with Crippen molar-refractivity contribution in [3.05, 3.63) is 154 Å². The smallest absolute Gasteiger partial charge is 0.161 e. The van der Waals surface area contributed by atoms with Gasteiger partial charge in [-0.05, 0) is 158 Å². The number of dihydropyridines is 1. The Morgan fingerprint density at radius 2 is 1.63 bits per heavy atom. The number of aliphatic hydroxyl groups excluding tert-OH is 6. The number of aromatic hydroxyl groups is 1. The predicted octanol–water partition coefficient (Wildman–Crippen LogP) is 9.48. The van der Waals surface area contributed by atoms with Gasteiger partial charge in [-0.1, -0.05) is 132 Å². The van der Waals surface area contributed by atoms with Gasteiger partial charge in [0.2, 0.25) is 0 Å². The first kappa shape index (κ1) is 56.3. The van der Waals surface area contributed by atoms with Crippen molar-refractivity contribution in [1.82, 2.24) is 10.3 Å². The quantitative estimate of drug-likeness (QED) is 0.0410. The van der Waals surface area contributed by atoms with Crippen molar-refractivity contribution in [3.8, 4) is 23.3 Å². The molecule has 15 atom stereocenters. The first-order valence-corrected chi connectivity index (χ1v) is 32.0. The van der Waals surface area contributed by atoms with Crippen molar-refractivity contribution >= 4 is 21.6 Å². The third-order valence-corrected chi connectivity index (χ3v) is 22.6. The summed E-state index contributed by atoms with van der Waals surface area (Å²) in [7, 11) is 3.25. The number of hydrogen-bond acceptors (Lipinski definition) is 12. The van der Waals surface area contributed by atoms with E-state index in [-0.39, 0.29) is 65.6 Å². The van der Waals surface area contributed by atoms with E-state index in [9.17, 15) is 35.7 Å². The monoisotopic (exact) mass is 1110 g/mol. The van der Waals surface area contributed by atoms with E-state index in [2.05, 4.69) is 108 Å². The molecule has 0 amide bonds. The van der Waals surface area contributed by atoms with Crippen molar-refractivity contribution in [2.24, 2.45) is 58.0 Å². The van der Waals surface area contributed by atoms with Crippen LogP contribution in [0.4, 0.5) is 0 Å². The fourth-order valence-electron chi connectivity index (χ4n) is 16.3. The number of rotatable bonds is 10. The van der Waals surface area contributed by atoms with Crippen LogP contribution >= 0.6 is 21.6 Å². The number of aromatic nitrogens is 1. The summed E-state index contributed by atoms with van der Waals surface area (Å²) < 4.78 is 6.99. The van der Waals surface area contributed by atoms with Crippen molar-refractivity contribution < 1.29 is 40.5 Å². The molecule has 3 fully saturated rings. The molecular weight excluding hydrogens is 1030 g/mol. The highest BCUT2D eigenvalue weighted by atomic mass is 33.1. The molecule has 11 N–H and O–H groups in total. The molecule has 5 aliphatic carbocycles. The van der Waals surface area contributed by atoms with E-state index >= 15 is 0 Å². The molecule has 2 saturated carbocycles. The van der Waals surface area contributed by atoms with Crippen molar-refractivity contribution in [2.45, 2.75) is 139 Å². The first-order chi connectivity index (χ1) is 38.4. The molecule has 1 aromatic heterocycles. The van der Waals surface area contributed by atoms with Gasteiger partial charge in [0.05, 0.1) is 24.4 Å². The van der Waals surface area contributed by atoms with Gasteiger partial charge in [0, 0.05) is 83.7 Å². The second-order valence-corrected chi connectivity index (χ2v) is 27.0. The molecule has 11 nitrogen and oxygen atoms in total.